The third-order valence-electron chi connectivity index (χ3n) is 2.56. The van der Waals surface area contributed by atoms with Crippen molar-refractivity contribution < 1.29 is 30.0 Å². The first-order valence-electron chi connectivity index (χ1n) is 7.32. The number of phenolic OH excluding ortho intramolecular Hbond substituents is 3. The molecule has 0 aromatic heterocycles. The lowest BCUT2D eigenvalue weighted by Gasteiger charge is -1.89. The minimum absolute atomic E-state index is 0.133. The van der Waals surface area contributed by atoms with Crippen LogP contribution in [0.5, 0.6) is 17.2 Å². The second-order valence-corrected chi connectivity index (χ2v) is 6.38. The van der Waals surface area contributed by atoms with E-state index in [0.29, 0.717) is 15.1 Å². The Morgan fingerprint density at radius 1 is 0.464 bits per heavy atom. The van der Waals surface area contributed by atoms with Gasteiger partial charge in [0.2, 0.25) is 0 Å². The average molecular weight is 468 g/mol. The second kappa shape index (κ2) is 15.2. The molecule has 3 aromatic rings. The highest BCUT2D eigenvalue weighted by atomic mass is 35.5. The van der Waals surface area contributed by atoms with Crippen LogP contribution in [-0.2, 0) is 0 Å². The second-order valence-electron chi connectivity index (χ2n) is 4.62. The van der Waals surface area contributed by atoms with Crippen LogP contribution in [0.1, 0.15) is 0 Å². The molecule has 0 spiro atoms. The Hall–Kier alpha value is -1.76. The van der Waals surface area contributed by atoms with Crippen molar-refractivity contribution in [3.8, 4) is 17.2 Å². The molecule has 152 valence electrons. The topological polar surface area (TPSA) is 121 Å². The standard InChI is InChI=1S/3C6H5ClO.H3O3P/c3*7-5-3-1-2-4-6(5)8;1-4(2)3/h3*1-4,8H;1-3H. The third-order valence-corrected chi connectivity index (χ3v) is 3.52. The molecule has 3 aromatic carbocycles. The van der Waals surface area contributed by atoms with Crippen LogP contribution in [0.4, 0.5) is 0 Å². The van der Waals surface area contributed by atoms with Gasteiger partial charge in [0.1, 0.15) is 17.2 Å². The summed E-state index contributed by atoms with van der Waals surface area (Å²) in [7, 11) is -2.62. The smallest absolute Gasteiger partial charge is 0.324 e. The van der Waals surface area contributed by atoms with Crippen molar-refractivity contribution in [2.24, 2.45) is 0 Å². The molecule has 6 N–H and O–H groups in total. The SMILES string of the molecule is OP(O)O.Oc1ccccc1Cl.Oc1ccccc1Cl.Oc1ccccc1Cl. The van der Waals surface area contributed by atoms with E-state index in [1.807, 2.05) is 0 Å². The van der Waals surface area contributed by atoms with Gasteiger partial charge in [-0.05, 0) is 36.4 Å². The zero-order chi connectivity index (χ0) is 21.5. The normalized spacial score (nSPS) is 9.11. The first-order valence-corrected chi connectivity index (χ1v) is 9.65. The van der Waals surface area contributed by atoms with Gasteiger partial charge >= 0.3 is 8.60 Å². The molecule has 0 fully saturated rings. The summed E-state index contributed by atoms with van der Waals surface area (Å²) in [6.45, 7) is 0. The maximum absolute atomic E-state index is 8.79. The first-order chi connectivity index (χ1) is 13.1. The van der Waals surface area contributed by atoms with Gasteiger partial charge in [0.15, 0.2) is 0 Å². The molecule has 6 nitrogen and oxygen atoms in total. The predicted octanol–water partition coefficient (Wildman–Crippen LogP) is 5.33. The predicted molar refractivity (Wildman–Crippen MR) is 113 cm³/mol. The van der Waals surface area contributed by atoms with E-state index in [-0.39, 0.29) is 17.2 Å². The molecule has 0 aliphatic rings. The molecule has 0 aliphatic heterocycles. The molecule has 0 unspecified atom stereocenters. The Labute approximate surface area is 178 Å². The van der Waals surface area contributed by atoms with Crippen molar-refractivity contribution in [2.45, 2.75) is 0 Å². The molecule has 10 heteroatoms. The largest absolute Gasteiger partial charge is 0.506 e. The zero-order valence-electron chi connectivity index (χ0n) is 14.2. The highest BCUT2D eigenvalue weighted by Gasteiger charge is 1.91. The quantitative estimate of drug-likeness (QED) is 0.249. The lowest BCUT2D eigenvalue weighted by Crippen LogP contribution is -1.62. The molecule has 0 aliphatic carbocycles. The first kappa shape index (κ1) is 26.2. The van der Waals surface area contributed by atoms with Crippen molar-refractivity contribution in [3.63, 3.8) is 0 Å². The number of phenols is 3. The summed E-state index contributed by atoms with van der Waals surface area (Å²) in [5.41, 5.74) is 0. The highest BCUT2D eigenvalue weighted by Crippen LogP contribution is 2.21. The minimum atomic E-state index is -2.62. The fourth-order valence-corrected chi connectivity index (χ4v) is 1.76. The third kappa shape index (κ3) is 13.4. The lowest BCUT2D eigenvalue weighted by atomic mass is 10.3. The Kier molecular flexibility index (Phi) is 14.2. The van der Waals surface area contributed by atoms with Crippen LogP contribution >= 0.6 is 43.4 Å². The zero-order valence-corrected chi connectivity index (χ0v) is 17.4. The highest BCUT2D eigenvalue weighted by molar-refractivity contribution is 7.38. The van der Waals surface area contributed by atoms with Gasteiger partial charge in [0, 0.05) is 0 Å². The molecule has 28 heavy (non-hydrogen) atoms. The fraction of sp³-hybridized carbons (Fsp3) is 0. The summed E-state index contributed by atoms with van der Waals surface area (Å²) in [6, 6.07) is 20.0. The van der Waals surface area contributed by atoms with Crippen molar-refractivity contribution in [2.75, 3.05) is 0 Å². The van der Waals surface area contributed by atoms with Crippen molar-refractivity contribution >= 4 is 43.4 Å². The van der Waals surface area contributed by atoms with E-state index in [4.69, 9.17) is 64.8 Å². The maximum Gasteiger partial charge on any atom is 0.324 e. The molecular weight excluding hydrogens is 450 g/mol. The number of aromatic hydroxyl groups is 3. The Morgan fingerprint density at radius 2 is 0.643 bits per heavy atom. The van der Waals surface area contributed by atoms with Crippen LogP contribution in [0.2, 0.25) is 15.1 Å². The average Bonchev–Trinajstić information content (AvgIpc) is 2.63. The summed E-state index contributed by atoms with van der Waals surface area (Å²) in [5, 5.41) is 27.5. The number of benzene rings is 3. The van der Waals surface area contributed by atoms with Crippen LogP contribution in [0.3, 0.4) is 0 Å². The summed E-state index contributed by atoms with van der Waals surface area (Å²) >= 11 is 16.4. The van der Waals surface area contributed by atoms with E-state index >= 15 is 0 Å². The molecular formula is C18H18Cl3O6P. The number of hydrogen-bond donors (Lipinski definition) is 6. The van der Waals surface area contributed by atoms with Gasteiger partial charge in [-0.3, -0.25) is 0 Å². The maximum atomic E-state index is 8.79. The van der Waals surface area contributed by atoms with Crippen molar-refractivity contribution in [3.05, 3.63) is 87.9 Å². The van der Waals surface area contributed by atoms with E-state index in [0.717, 1.165) is 0 Å². The summed E-state index contributed by atoms with van der Waals surface area (Å²) in [4.78, 5) is 21.7. The van der Waals surface area contributed by atoms with Crippen molar-refractivity contribution in [1.82, 2.24) is 0 Å². The lowest BCUT2D eigenvalue weighted by molar-refractivity contribution is 0.368. The van der Waals surface area contributed by atoms with Gasteiger partial charge in [-0.15, -0.1) is 0 Å². The minimum Gasteiger partial charge on any atom is -0.506 e. The van der Waals surface area contributed by atoms with E-state index in [2.05, 4.69) is 0 Å². The molecule has 0 saturated heterocycles. The Morgan fingerprint density at radius 3 is 0.750 bits per heavy atom. The van der Waals surface area contributed by atoms with Crippen LogP contribution in [0.15, 0.2) is 72.8 Å². The number of rotatable bonds is 0. The molecule has 0 heterocycles. The monoisotopic (exact) mass is 466 g/mol. The van der Waals surface area contributed by atoms with Crippen LogP contribution in [-0.4, -0.2) is 30.0 Å². The fourth-order valence-electron chi connectivity index (χ4n) is 1.36. The number of halogens is 3. The molecule has 0 saturated carbocycles. The van der Waals surface area contributed by atoms with E-state index in [9.17, 15) is 0 Å². The van der Waals surface area contributed by atoms with Crippen LogP contribution in [0.25, 0.3) is 0 Å². The molecule has 0 atom stereocenters. The van der Waals surface area contributed by atoms with Crippen molar-refractivity contribution in [1.29, 1.82) is 0 Å². The van der Waals surface area contributed by atoms with Gasteiger partial charge in [-0.1, -0.05) is 71.2 Å². The summed E-state index contributed by atoms with van der Waals surface area (Å²) in [6.07, 6.45) is 0. The molecule has 3 rings (SSSR count). The van der Waals surface area contributed by atoms with Gasteiger partial charge < -0.3 is 30.0 Å². The van der Waals surface area contributed by atoms with Gasteiger partial charge in [0.05, 0.1) is 15.1 Å². The van der Waals surface area contributed by atoms with E-state index in [1.54, 1.807) is 72.8 Å². The van der Waals surface area contributed by atoms with Gasteiger partial charge in [0.25, 0.3) is 0 Å². The summed E-state index contributed by atoms with van der Waals surface area (Å²) < 4.78 is 0. The molecule has 0 amide bonds. The van der Waals surface area contributed by atoms with Gasteiger partial charge in [-0.25, -0.2) is 0 Å². The number of para-hydroxylation sites is 3. The molecule has 0 radical (unpaired) electrons. The van der Waals surface area contributed by atoms with E-state index in [1.165, 1.54) is 0 Å². The number of hydrogen-bond acceptors (Lipinski definition) is 6. The Bertz CT molecular complexity index is 651. The van der Waals surface area contributed by atoms with Gasteiger partial charge in [-0.2, -0.15) is 0 Å². The summed E-state index contributed by atoms with van der Waals surface area (Å²) in [5.74, 6) is 0.400. The Balaban J connectivity index is 0.000000358. The van der Waals surface area contributed by atoms with Crippen LogP contribution in [0, 0.1) is 0 Å². The molecule has 0 bridgehead atoms. The van der Waals surface area contributed by atoms with Crippen LogP contribution < -0.4 is 0 Å². The van der Waals surface area contributed by atoms with E-state index < -0.39 is 8.60 Å².